The Labute approximate surface area is 127 Å². The van der Waals surface area contributed by atoms with E-state index in [4.69, 9.17) is 9.47 Å². The van der Waals surface area contributed by atoms with Gasteiger partial charge in [0.1, 0.15) is 19.0 Å². The first-order valence-corrected chi connectivity index (χ1v) is 7.59. The van der Waals surface area contributed by atoms with Crippen molar-refractivity contribution in [1.29, 1.82) is 0 Å². The van der Waals surface area contributed by atoms with Crippen molar-refractivity contribution in [2.24, 2.45) is 0 Å². The van der Waals surface area contributed by atoms with E-state index in [1.807, 2.05) is 27.0 Å². The molecular weight excluding hydrogens is 270 g/mol. The van der Waals surface area contributed by atoms with Crippen LogP contribution >= 0.6 is 0 Å². The molecule has 21 heavy (non-hydrogen) atoms. The zero-order valence-electron chi connectivity index (χ0n) is 13.4. The van der Waals surface area contributed by atoms with E-state index < -0.39 is 0 Å². The number of carbonyl (C=O) groups excluding carboxylic acids is 1. The van der Waals surface area contributed by atoms with E-state index in [1.54, 1.807) is 0 Å². The molecule has 1 heterocycles. The standard InChI is InChI=1S/C14H21NO4.C2H6/c1-15-11(4-6-14(16)17-2)7-10-3-5-12-13(8-10)19-9-18-12;1-2/h3,5,8,11-13,15H,4,6-7,9H2,1-2H3;1-2H3. The summed E-state index contributed by atoms with van der Waals surface area (Å²) >= 11 is 0. The Balaban J connectivity index is 0.00000106. The van der Waals surface area contributed by atoms with Gasteiger partial charge >= 0.3 is 5.97 Å². The van der Waals surface area contributed by atoms with Gasteiger partial charge in [-0.1, -0.05) is 26.0 Å². The first-order chi connectivity index (χ1) is 10.2. The SMILES string of the molecule is CC.CNC(CCC(=O)OC)CC1=CC2OCOC2C=C1. The second-order valence-corrected chi connectivity index (χ2v) is 4.79. The van der Waals surface area contributed by atoms with E-state index in [1.165, 1.54) is 12.7 Å². The summed E-state index contributed by atoms with van der Waals surface area (Å²) in [5.74, 6) is -0.166. The lowest BCUT2D eigenvalue weighted by Gasteiger charge is -2.20. The molecule has 0 spiro atoms. The summed E-state index contributed by atoms with van der Waals surface area (Å²) in [5.41, 5.74) is 1.22. The molecule has 5 heteroatoms. The van der Waals surface area contributed by atoms with Gasteiger partial charge in [-0.3, -0.25) is 4.79 Å². The normalized spacial score (nSPS) is 24.5. The molecule has 0 saturated carbocycles. The van der Waals surface area contributed by atoms with Crippen LogP contribution in [0.15, 0.2) is 23.8 Å². The van der Waals surface area contributed by atoms with Crippen LogP contribution in [0.25, 0.3) is 0 Å². The van der Waals surface area contributed by atoms with Crippen LogP contribution in [0.1, 0.15) is 33.1 Å². The third-order valence-electron chi connectivity index (χ3n) is 3.54. The van der Waals surface area contributed by atoms with E-state index in [0.29, 0.717) is 13.2 Å². The van der Waals surface area contributed by atoms with Crippen LogP contribution in [-0.2, 0) is 19.0 Å². The highest BCUT2D eigenvalue weighted by Crippen LogP contribution is 2.24. The highest BCUT2D eigenvalue weighted by molar-refractivity contribution is 5.69. The molecule has 2 aliphatic rings. The Morgan fingerprint density at radius 1 is 1.43 bits per heavy atom. The van der Waals surface area contributed by atoms with Crippen LogP contribution in [0.3, 0.4) is 0 Å². The fraction of sp³-hybridized carbons (Fsp3) is 0.688. The summed E-state index contributed by atoms with van der Waals surface area (Å²) in [7, 11) is 3.33. The molecule has 0 aromatic rings. The number of hydrogen-bond acceptors (Lipinski definition) is 5. The van der Waals surface area contributed by atoms with Gasteiger partial charge in [0.2, 0.25) is 0 Å². The molecule has 120 valence electrons. The van der Waals surface area contributed by atoms with Gasteiger partial charge in [-0.15, -0.1) is 0 Å². The molecule has 3 atom stereocenters. The highest BCUT2D eigenvalue weighted by Gasteiger charge is 2.28. The van der Waals surface area contributed by atoms with Crippen LogP contribution < -0.4 is 5.32 Å². The summed E-state index contributed by atoms with van der Waals surface area (Å²) in [4.78, 5) is 11.2. The van der Waals surface area contributed by atoms with Crippen molar-refractivity contribution in [3.05, 3.63) is 23.8 Å². The van der Waals surface area contributed by atoms with Crippen molar-refractivity contribution >= 4 is 5.97 Å². The molecule has 0 radical (unpaired) electrons. The first-order valence-electron chi connectivity index (χ1n) is 7.59. The van der Waals surface area contributed by atoms with Crippen molar-refractivity contribution in [3.63, 3.8) is 0 Å². The molecular formula is C16H27NO4. The second kappa shape index (κ2) is 9.71. The fourth-order valence-electron chi connectivity index (χ4n) is 2.34. The van der Waals surface area contributed by atoms with E-state index in [2.05, 4.69) is 22.2 Å². The minimum Gasteiger partial charge on any atom is -0.469 e. The van der Waals surface area contributed by atoms with Crippen LogP contribution in [0, 0.1) is 0 Å². The number of carbonyl (C=O) groups is 1. The average molecular weight is 297 g/mol. The maximum atomic E-state index is 11.2. The lowest BCUT2D eigenvalue weighted by molar-refractivity contribution is -0.140. The molecule has 1 N–H and O–H groups in total. The Morgan fingerprint density at radius 3 is 2.81 bits per heavy atom. The molecule has 0 aromatic heterocycles. The topological polar surface area (TPSA) is 56.8 Å². The number of hydrogen-bond donors (Lipinski definition) is 1. The number of methoxy groups -OCH3 is 1. The minimum absolute atomic E-state index is 0.0399. The number of esters is 1. The van der Waals surface area contributed by atoms with Crippen molar-refractivity contribution in [1.82, 2.24) is 5.32 Å². The molecule has 1 aliphatic heterocycles. The van der Waals surface area contributed by atoms with E-state index >= 15 is 0 Å². The van der Waals surface area contributed by atoms with Crippen LogP contribution in [-0.4, -0.2) is 45.2 Å². The van der Waals surface area contributed by atoms with Gasteiger partial charge in [-0.2, -0.15) is 0 Å². The predicted octanol–water partition coefficient (Wildman–Crippen LogP) is 2.18. The number of fused-ring (bicyclic) bond motifs is 1. The second-order valence-electron chi connectivity index (χ2n) is 4.79. The number of ether oxygens (including phenoxy) is 3. The number of rotatable bonds is 6. The molecule has 5 nitrogen and oxygen atoms in total. The summed E-state index contributed by atoms with van der Waals surface area (Å²) in [6, 6.07) is 0.258. The third-order valence-corrected chi connectivity index (χ3v) is 3.54. The zero-order valence-corrected chi connectivity index (χ0v) is 13.4. The Morgan fingerprint density at radius 2 is 2.14 bits per heavy atom. The smallest absolute Gasteiger partial charge is 0.305 e. The van der Waals surface area contributed by atoms with Crippen LogP contribution in [0.4, 0.5) is 0 Å². The van der Waals surface area contributed by atoms with Crippen molar-refractivity contribution in [3.8, 4) is 0 Å². The molecule has 1 saturated heterocycles. The highest BCUT2D eigenvalue weighted by atomic mass is 16.7. The molecule has 1 aliphatic carbocycles. The maximum Gasteiger partial charge on any atom is 0.305 e. The lowest BCUT2D eigenvalue weighted by Crippen LogP contribution is -2.28. The molecule has 0 amide bonds. The predicted molar refractivity (Wildman–Crippen MR) is 81.9 cm³/mol. The van der Waals surface area contributed by atoms with Crippen molar-refractivity contribution < 1.29 is 19.0 Å². The van der Waals surface area contributed by atoms with Gasteiger partial charge in [0, 0.05) is 12.5 Å². The monoisotopic (exact) mass is 297 g/mol. The molecule has 0 bridgehead atoms. The van der Waals surface area contributed by atoms with E-state index in [-0.39, 0.29) is 24.2 Å². The van der Waals surface area contributed by atoms with Gasteiger partial charge in [-0.25, -0.2) is 0 Å². The Bertz CT molecular complexity index is 378. The zero-order chi connectivity index (χ0) is 15.7. The minimum atomic E-state index is -0.166. The maximum absolute atomic E-state index is 11.2. The van der Waals surface area contributed by atoms with Gasteiger partial charge in [0.05, 0.1) is 7.11 Å². The van der Waals surface area contributed by atoms with Gasteiger partial charge in [-0.05, 0) is 31.5 Å². The molecule has 0 aromatic carbocycles. The summed E-state index contributed by atoms with van der Waals surface area (Å²) in [5, 5.41) is 3.23. The number of allylic oxidation sites excluding steroid dienone is 1. The first kappa shape index (κ1) is 17.9. The fourth-order valence-corrected chi connectivity index (χ4v) is 2.34. The van der Waals surface area contributed by atoms with Gasteiger partial charge < -0.3 is 19.5 Å². The Hall–Kier alpha value is -1.17. The van der Waals surface area contributed by atoms with Crippen LogP contribution in [0.2, 0.25) is 0 Å². The van der Waals surface area contributed by atoms with Crippen molar-refractivity contribution in [2.45, 2.75) is 51.4 Å². The lowest BCUT2D eigenvalue weighted by atomic mass is 9.95. The van der Waals surface area contributed by atoms with Gasteiger partial charge in [0.25, 0.3) is 0 Å². The number of nitrogens with one attached hydrogen (secondary N) is 1. The summed E-state index contributed by atoms with van der Waals surface area (Å²) in [6.45, 7) is 4.36. The molecule has 1 fully saturated rings. The Kier molecular flexibility index (Phi) is 8.27. The van der Waals surface area contributed by atoms with Gasteiger partial charge in [0.15, 0.2) is 0 Å². The van der Waals surface area contributed by atoms with E-state index in [9.17, 15) is 4.79 Å². The van der Waals surface area contributed by atoms with E-state index in [0.717, 1.165) is 12.8 Å². The molecule has 3 unspecified atom stereocenters. The quantitative estimate of drug-likeness (QED) is 0.762. The molecule has 2 rings (SSSR count). The third kappa shape index (κ3) is 5.61. The summed E-state index contributed by atoms with van der Waals surface area (Å²) in [6.07, 6.45) is 8.41. The van der Waals surface area contributed by atoms with Crippen LogP contribution in [0.5, 0.6) is 0 Å². The summed E-state index contributed by atoms with van der Waals surface area (Å²) < 4.78 is 15.5. The van der Waals surface area contributed by atoms with Crippen molar-refractivity contribution in [2.75, 3.05) is 21.0 Å². The average Bonchev–Trinajstić information content (AvgIpc) is 3.00. The largest absolute Gasteiger partial charge is 0.469 e.